The van der Waals surface area contributed by atoms with Gasteiger partial charge < -0.3 is 15.4 Å². The predicted molar refractivity (Wildman–Crippen MR) is 156 cm³/mol. The lowest BCUT2D eigenvalue weighted by Gasteiger charge is -2.21. The van der Waals surface area contributed by atoms with Gasteiger partial charge in [0.25, 0.3) is 0 Å². The molecule has 0 bridgehead atoms. The molecule has 3 heterocycles. The number of para-hydroxylation sites is 1. The molecule has 1 aromatic heterocycles. The molecule has 5 rings (SSSR count). The van der Waals surface area contributed by atoms with Gasteiger partial charge in [0, 0.05) is 44.6 Å². The summed E-state index contributed by atoms with van der Waals surface area (Å²) in [6.07, 6.45) is 1.99. The van der Waals surface area contributed by atoms with E-state index in [1.807, 2.05) is 36.4 Å². The van der Waals surface area contributed by atoms with Crippen molar-refractivity contribution in [2.45, 2.75) is 30.7 Å². The van der Waals surface area contributed by atoms with Crippen LogP contribution in [0, 0.1) is 11.6 Å². The second-order valence-corrected chi connectivity index (χ2v) is 9.96. The van der Waals surface area contributed by atoms with E-state index in [2.05, 4.69) is 20.9 Å². The van der Waals surface area contributed by atoms with E-state index in [0.29, 0.717) is 43.5 Å². The van der Waals surface area contributed by atoms with Crippen LogP contribution in [0.3, 0.4) is 0 Å². The number of hydrogen-bond acceptors (Lipinski definition) is 5. The Labute approximate surface area is 245 Å². The number of likely N-dealkylation sites (tertiary alicyclic amines) is 1. The number of aromatic nitrogens is 2. The highest BCUT2D eigenvalue weighted by molar-refractivity contribution is 5.89. The number of amides is 2. The summed E-state index contributed by atoms with van der Waals surface area (Å²) < 4.78 is 34.6. The standard InChI is InChI=1S/C28H34F2N6O2.2ClH/c1-38-14-13-35-17-22(20-7-8-23(29)24(30)15-20)26(18-35)32-28(37)33-27-16-25(19-9-11-31-12-10-19)34-36(27)21-5-3-2-4-6-21;;/h2-8,15-16,19,22,26,31H,9-14,17-18H2,1H3,(H2,32,33,37);2*1H/t22-,26+;;/m0../s1. The topological polar surface area (TPSA) is 83.4 Å². The van der Waals surface area contributed by atoms with E-state index in [1.54, 1.807) is 17.9 Å². The van der Waals surface area contributed by atoms with E-state index in [-0.39, 0.29) is 42.8 Å². The summed E-state index contributed by atoms with van der Waals surface area (Å²) in [5.41, 5.74) is 2.46. The van der Waals surface area contributed by atoms with Crippen molar-refractivity contribution in [2.24, 2.45) is 0 Å². The average Bonchev–Trinajstić information content (AvgIpc) is 3.54. The minimum absolute atomic E-state index is 0. The molecule has 2 aliphatic rings. The van der Waals surface area contributed by atoms with E-state index in [4.69, 9.17) is 9.84 Å². The minimum Gasteiger partial charge on any atom is -0.383 e. The van der Waals surface area contributed by atoms with Gasteiger partial charge in [0.2, 0.25) is 0 Å². The number of carbonyl (C=O) groups excluding carboxylic acids is 1. The van der Waals surface area contributed by atoms with Gasteiger partial charge in [-0.2, -0.15) is 5.10 Å². The van der Waals surface area contributed by atoms with Gasteiger partial charge >= 0.3 is 6.03 Å². The molecule has 218 valence electrons. The Hall–Kier alpha value is -2.76. The zero-order valence-corrected chi connectivity index (χ0v) is 23.9. The fourth-order valence-corrected chi connectivity index (χ4v) is 5.41. The zero-order valence-electron chi connectivity index (χ0n) is 22.3. The van der Waals surface area contributed by atoms with Crippen molar-refractivity contribution in [3.63, 3.8) is 0 Å². The van der Waals surface area contributed by atoms with Crippen LogP contribution in [-0.4, -0.2) is 73.2 Å². The summed E-state index contributed by atoms with van der Waals surface area (Å²) in [7, 11) is 1.64. The molecule has 2 atom stereocenters. The van der Waals surface area contributed by atoms with Crippen LogP contribution in [0.2, 0.25) is 0 Å². The van der Waals surface area contributed by atoms with E-state index in [0.717, 1.165) is 43.4 Å². The molecule has 0 unspecified atom stereocenters. The van der Waals surface area contributed by atoms with Crippen LogP contribution in [-0.2, 0) is 4.74 Å². The fraction of sp³-hybridized carbons (Fsp3) is 0.429. The Morgan fingerprint density at radius 2 is 1.80 bits per heavy atom. The smallest absolute Gasteiger partial charge is 0.320 e. The Morgan fingerprint density at radius 3 is 2.50 bits per heavy atom. The van der Waals surface area contributed by atoms with Crippen LogP contribution in [0.5, 0.6) is 0 Å². The molecule has 3 aromatic rings. The van der Waals surface area contributed by atoms with E-state index in [9.17, 15) is 13.6 Å². The Kier molecular flexibility index (Phi) is 11.7. The van der Waals surface area contributed by atoms with Crippen molar-refractivity contribution in [2.75, 3.05) is 51.8 Å². The molecule has 0 aliphatic carbocycles. The minimum atomic E-state index is -0.891. The lowest BCUT2D eigenvalue weighted by Crippen LogP contribution is -2.42. The van der Waals surface area contributed by atoms with Gasteiger partial charge in [-0.3, -0.25) is 10.2 Å². The second-order valence-electron chi connectivity index (χ2n) is 9.96. The Morgan fingerprint density at radius 1 is 1.05 bits per heavy atom. The third-order valence-electron chi connectivity index (χ3n) is 7.42. The first-order chi connectivity index (χ1) is 18.5. The van der Waals surface area contributed by atoms with Crippen LogP contribution in [0.25, 0.3) is 5.69 Å². The molecule has 2 amide bonds. The zero-order chi connectivity index (χ0) is 26.5. The molecule has 2 fully saturated rings. The van der Waals surface area contributed by atoms with E-state index >= 15 is 0 Å². The number of piperidine rings is 1. The maximum Gasteiger partial charge on any atom is 0.320 e. The van der Waals surface area contributed by atoms with Crippen LogP contribution in [0.1, 0.15) is 35.9 Å². The first kappa shape index (κ1) is 31.8. The number of rotatable bonds is 8. The van der Waals surface area contributed by atoms with Crippen LogP contribution in [0.15, 0.2) is 54.6 Å². The largest absolute Gasteiger partial charge is 0.383 e. The monoisotopic (exact) mass is 596 g/mol. The molecule has 3 N–H and O–H groups in total. The third kappa shape index (κ3) is 7.50. The molecule has 0 radical (unpaired) electrons. The number of nitrogens with zero attached hydrogens (tertiary/aromatic N) is 3. The average molecular weight is 598 g/mol. The predicted octanol–water partition coefficient (Wildman–Crippen LogP) is 4.70. The second kappa shape index (κ2) is 14.7. The van der Waals surface area contributed by atoms with Gasteiger partial charge in [0.15, 0.2) is 11.6 Å². The molecule has 0 spiro atoms. The van der Waals surface area contributed by atoms with Gasteiger partial charge in [0.1, 0.15) is 5.82 Å². The third-order valence-corrected chi connectivity index (χ3v) is 7.42. The number of nitrogens with one attached hydrogen (secondary N) is 3. The highest BCUT2D eigenvalue weighted by atomic mass is 35.5. The Bertz CT molecular complexity index is 1240. The van der Waals surface area contributed by atoms with Crippen molar-refractivity contribution < 1.29 is 18.3 Å². The molecular weight excluding hydrogens is 561 g/mol. The lowest BCUT2D eigenvalue weighted by atomic mass is 9.94. The number of benzene rings is 2. The van der Waals surface area contributed by atoms with Crippen molar-refractivity contribution in [3.05, 3.63) is 77.5 Å². The molecule has 0 saturated carbocycles. The first-order valence-corrected chi connectivity index (χ1v) is 13.1. The number of carbonyl (C=O) groups is 1. The van der Waals surface area contributed by atoms with Crippen LogP contribution in [0.4, 0.5) is 19.4 Å². The highest BCUT2D eigenvalue weighted by Gasteiger charge is 2.35. The van der Waals surface area contributed by atoms with Crippen LogP contribution >= 0.6 is 24.8 Å². The molecule has 2 aliphatic heterocycles. The van der Waals surface area contributed by atoms with Crippen molar-refractivity contribution in [3.8, 4) is 5.69 Å². The summed E-state index contributed by atoms with van der Waals surface area (Å²) in [6, 6.07) is 14.9. The van der Waals surface area contributed by atoms with Gasteiger partial charge in [-0.1, -0.05) is 24.3 Å². The van der Waals surface area contributed by atoms with Crippen LogP contribution < -0.4 is 16.0 Å². The molecule has 40 heavy (non-hydrogen) atoms. The summed E-state index contributed by atoms with van der Waals surface area (Å²) >= 11 is 0. The van der Waals surface area contributed by atoms with Crippen molar-refractivity contribution >= 4 is 36.7 Å². The molecule has 12 heteroatoms. The van der Waals surface area contributed by atoms with Gasteiger partial charge in [0.05, 0.1) is 24.0 Å². The number of urea groups is 1. The Balaban J connectivity index is 0.00000220. The summed E-state index contributed by atoms with van der Waals surface area (Å²) in [6.45, 7) is 4.27. The summed E-state index contributed by atoms with van der Waals surface area (Å²) in [5, 5.41) is 14.3. The molecular formula is C28H36Cl2F2N6O2. The number of anilines is 1. The first-order valence-electron chi connectivity index (χ1n) is 13.1. The maximum atomic E-state index is 14.0. The van der Waals surface area contributed by atoms with E-state index < -0.39 is 11.6 Å². The molecule has 8 nitrogen and oxygen atoms in total. The number of hydrogen-bond donors (Lipinski definition) is 3. The number of ether oxygens (including phenoxy) is 1. The van der Waals surface area contributed by atoms with Crippen molar-refractivity contribution in [1.82, 2.24) is 25.3 Å². The molecule has 2 saturated heterocycles. The number of methoxy groups -OCH3 is 1. The fourth-order valence-electron chi connectivity index (χ4n) is 5.41. The lowest BCUT2D eigenvalue weighted by molar-refractivity contribution is 0.159. The van der Waals surface area contributed by atoms with Gasteiger partial charge in [-0.15, -0.1) is 24.8 Å². The summed E-state index contributed by atoms with van der Waals surface area (Å²) in [4.78, 5) is 15.5. The normalized spacial score (nSPS) is 19.5. The summed E-state index contributed by atoms with van der Waals surface area (Å²) in [5.74, 6) is -1.06. The number of halogens is 4. The highest BCUT2D eigenvalue weighted by Crippen LogP contribution is 2.30. The SMILES string of the molecule is COCCN1C[C@@H](NC(=O)Nc2cc(C3CCNCC3)nn2-c2ccccc2)[C@H](c2ccc(F)c(F)c2)C1.Cl.Cl. The van der Waals surface area contributed by atoms with Crippen molar-refractivity contribution in [1.29, 1.82) is 0 Å². The molecule has 2 aromatic carbocycles. The van der Waals surface area contributed by atoms with Gasteiger partial charge in [-0.25, -0.2) is 18.3 Å². The maximum absolute atomic E-state index is 14.0. The van der Waals surface area contributed by atoms with E-state index in [1.165, 1.54) is 6.07 Å². The van der Waals surface area contributed by atoms with Gasteiger partial charge in [-0.05, 0) is 55.8 Å². The quantitative estimate of drug-likeness (QED) is 0.351.